The maximum absolute atomic E-state index is 11.9. The molecule has 1 atom stereocenters. The van der Waals surface area contributed by atoms with Crippen molar-refractivity contribution in [1.82, 2.24) is 29.7 Å². The van der Waals surface area contributed by atoms with Crippen molar-refractivity contribution in [2.75, 3.05) is 37.9 Å². The van der Waals surface area contributed by atoms with Crippen LogP contribution >= 0.6 is 35.7 Å². The molecule has 0 spiro atoms. The molecule has 2 rings (SSSR count). The Balaban J connectivity index is 0.00000392. The van der Waals surface area contributed by atoms with Gasteiger partial charge in [-0.1, -0.05) is 0 Å². The molecule has 1 aromatic rings. The molecule has 0 radical (unpaired) electrons. The smallest absolute Gasteiger partial charge is 0.211 e. The molecule has 162 valence electrons. The molecular weight excluding hydrogens is 513 g/mol. The van der Waals surface area contributed by atoms with Crippen molar-refractivity contribution in [1.29, 1.82) is 0 Å². The van der Waals surface area contributed by atoms with Gasteiger partial charge in [0.1, 0.15) is 12.4 Å². The summed E-state index contributed by atoms with van der Waals surface area (Å²) in [6.45, 7) is 4.26. The molecule has 0 aromatic carbocycles. The van der Waals surface area contributed by atoms with E-state index in [1.807, 2.05) is 30.3 Å². The molecule has 1 aliphatic heterocycles. The minimum absolute atomic E-state index is 0. The van der Waals surface area contributed by atoms with Gasteiger partial charge in [-0.25, -0.2) is 13.4 Å². The molecular formula is C16H32IN7O2S2. The molecule has 2 heterocycles. The second kappa shape index (κ2) is 12.2. The fourth-order valence-corrected chi connectivity index (χ4v) is 4.62. The van der Waals surface area contributed by atoms with E-state index >= 15 is 0 Å². The van der Waals surface area contributed by atoms with Gasteiger partial charge in [-0.05, 0) is 38.2 Å². The van der Waals surface area contributed by atoms with Crippen LogP contribution in [0.25, 0.3) is 0 Å². The number of sulfonamides is 1. The van der Waals surface area contributed by atoms with Crippen molar-refractivity contribution in [2.24, 2.45) is 12.0 Å². The Morgan fingerprint density at radius 3 is 2.71 bits per heavy atom. The summed E-state index contributed by atoms with van der Waals surface area (Å²) in [6, 6.07) is -0.0322. The summed E-state index contributed by atoms with van der Waals surface area (Å²) in [4.78, 5) is 4.61. The maximum atomic E-state index is 11.9. The minimum atomic E-state index is -3.17. The van der Waals surface area contributed by atoms with Gasteiger partial charge >= 0.3 is 0 Å². The zero-order chi connectivity index (χ0) is 19.9. The summed E-state index contributed by atoms with van der Waals surface area (Å²) < 4.78 is 27.3. The van der Waals surface area contributed by atoms with Gasteiger partial charge in [-0.15, -0.1) is 34.2 Å². The van der Waals surface area contributed by atoms with Gasteiger partial charge in [-0.2, -0.15) is 16.1 Å². The van der Waals surface area contributed by atoms with E-state index in [0.717, 1.165) is 43.2 Å². The van der Waals surface area contributed by atoms with Gasteiger partial charge in [0.25, 0.3) is 0 Å². The van der Waals surface area contributed by atoms with Gasteiger partial charge in [0.05, 0.1) is 6.26 Å². The van der Waals surface area contributed by atoms with E-state index in [-0.39, 0.29) is 30.0 Å². The normalized spacial score (nSPS) is 18.1. The van der Waals surface area contributed by atoms with Crippen LogP contribution in [0.1, 0.15) is 30.9 Å². The van der Waals surface area contributed by atoms with Gasteiger partial charge < -0.3 is 15.2 Å². The first kappa shape index (κ1) is 25.4. The molecule has 9 nitrogen and oxygen atoms in total. The lowest BCUT2D eigenvalue weighted by molar-refractivity contribution is 0.387. The van der Waals surface area contributed by atoms with Crippen molar-refractivity contribution in [2.45, 2.75) is 38.8 Å². The van der Waals surface area contributed by atoms with Crippen LogP contribution in [-0.4, -0.2) is 77.4 Å². The molecule has 1 aromatic heterocycles. The number of rotatable bonds is 9. The summed E-state index contributed by atoms with van der Waals surface area (Å²) in [5.41, 5.74) is 0. The van der Waals surface area contributed by atoms with E-state index in [2.05, 4.69) is 32.1 Å². The summed E-state index contributed by atoms with van der Waals surface area (Å²) in [6.07, 6.45) is 6.15. The van der Waals surface area contributed by atoms with E-state index < -0.39 is 10.0 Å². The maximum Gasteiger partial charge on any atom is 0.211 e. The van der Waals surface area contributed by atoms with E-state index in [4.69, 9.17) is 0 Å². The number of aliphatic imine (C=N–C) groups is 1. The van der Waals surface area contributed by atoms with Gasteiger partial charge in [0, 0.05) is 32.7 Å². The van der Waals surface area contributed by atoms with Crippen LogP contribution < -0.4 is 10.6 Å². The number of thioether (sulfide) groups is 1. The number of halogens is 1. The number of nitrogens with zero attached hydrogens (tertiary/aromatic N) is 5. The first-order chi connectivity index (χ1) is 12.8. The van der Waals surface area contributed by atoms with E-state index in [0.29, 0.717) is 25.6 Å². The van der Waals surface area contributed by atoms with E-state index in [1.54, 1.807) is 4.31 Å². The Hall–Kier alpha value is -0.600. The number of aryl methyl sites for hydroxylation is 1. The van der Waals surface area contributed by atoms with E-state index in [1.165, 1.54) is 6.26 Å². The number of nitrogens with one attached hydrogen (secondary N) is 2. The fourth-order valence-electron chi connectivity index (χ4n) is 3.00. The second-order valence-electron chi connectivity index (χ2n) is 6.71. The van der Waals surface area contributed by atoms with Crippen LogP contribution in [-0.2, 0) is 23.6 Å². The largest absolute Gasteiger partial charge is 0.356 e. The lowest BCUT2D eigenvalue weighted by Crippen LogP contribution is -2.46. The first-order valence-corrected chi connectivity index (χ1v) is 12.4. The highest BCUT2D eigenvalue weighted by atomic mass is 127. The van der Waals surface area contributed by atoms with Crippen molar-refractivity contribution in [3.8, 4) is 0 Å². The third-order valence-electron chi connectivity index (χ3n) is 4.63. The molecule has 0 bridgehead atoms. The van der Waals surface area contributed by atoms with Crippen LogP contribution in [0.15, 0.2) is 4.99 Å². The van der Waals surface area contributed by atoms with Crippen LogP contribution in [0.2, 0.25) is 0 Å². The Bertz CT molecular complexity index is 739. The summed E-state index contributed by atoms with van der Waals surface area (Å²) >= 11 is 1.81. The molecule has 0 amide bonds. The molecule has 2 N–H and O–H groups in total. The Labute approximate surface area is 189 Å². The monoisotopic (exact) mass is 545 g/mol. The minimum Gasteiger partial charge on any atom is -0.356 e. The molecule has 0 aliphatic carbocycles. The third-order valence-corrected chi connectivity index (χ3v) is 6.66. The van der Waals surface area contributed by atoms with Crippen LogP contribution in [0, 0.1) is 6.92 Å². The molecule has 1 aliphatic rings. The van der Waals surface area contributed by atoms with Crippen molar-refractivity contribution < 1.29 is 8.42 Å². The van der Waals surface area contributed by atoms with Gasteiger partial charge in [0.2, 0.25) is 10.0 Å². The second-order valence-corrected chi connectivity index (χ2v) is 9.63. The Kier molecular flexibility index (Phi) is 11.1. The summed E-state index contributed by atoms with van der Waals surface area (Å²) in [7, 11) is -1.25. The van der Waals surface area contributed by atoms with Crippen molar-refractivity contribution in [3.05, 3.63) is 11.6 Å². The van der Waals surface area contributed by atoms with Crippen molar-refractivity contribution >= 4 is 51.7 Å². The lowest BCUT2D eigenvalue weighted by atomic mass is 10.2. The molecule has 12 heteroatoms. The lowest BCUT2D eigenvalue weighted by Gasteiger charge is -2.23. The number of hydrogen-bond acceptors (Lipinski definition) is 6. The van der Waals surface area contributed by atoms with Crippen LogP contribution in [0.3, 0.4) is 0 Å². The number of hydrogen-bond donors (Lipinski definition) is 2. The van der Waals surface area contributed by atoms with Crippen molar-refractivity contribution in [3.63, 3.8) is 0 Å². The molecule has 28 heavy (non-hydrogen) atoms. The van der Waals surface area contributed by atoms with Crippen LogP contribution in [0.4, 0.5) is 0 Å². The standard InChI is InChI=1S/C16H31N7O2S2.HI/c1-13-20-21-15(22(13)2)12-19-16(17-8-6-10-26-3)18-11-14-7-5-9-23(14)27(4,24)25;/h14H,5-12H2,1-4H3,(H2,17,18,19);1H/t14-;/m1./s1. The molecule has 1 fully saturated rings. The molecule has 1 saturated heterocycles. The quantitative estimate of drug-likeness (QED) is 0.206. The summed E-state index contributed by atoms with van der Waals surface area (Å²) in [5, 5.41) is 14.8. The third kappa shape index (κ3) is 7.67. The summed E-state index contributed by atoms with van der Waals surface area (Å²) in [5.74, 6) is 3.39. The predicted molar refractivity (Wildman–Crippen MR) is 126 cm³/mol. The molecule has 0 saturated carbocycles. The van der Waals surface area contributed by atoms with Crippen LogP contribution in [0.5, 0.6) is 0 Å². The topological polar surface area (TPSA) is 105 Å². The Morgan fingerprint density at radius 2 is 2.11 bits per heavy atom. The predicted octanol–water partition coefficient (Wildman–Crippen LogP) is 0.954. The number of aromatic nitrogens is 3. The molecule has 0 unspecified atom stereocenters. The van der Waals surface area contributed by atoms with E-state index in [9.17, 15) is 8.42 Å². The first-order valence-electron chi connectivity index (χ1n) is 9.15. The highest BCUT2D eigenvalue weighted by Gasteiger charge is 2.31. The zero-order valence-corrected chi connectivity index (χ0v) is 21.0. The highest BCUT2D eigenvalue weighted by Crippen LogP contribution is 2.19. The van der Waals surface area contributed by atoms with Gasteiger partial charge in [0.15, 0.2) is 11.8 Å². The average molecular weight is 546 g/mol. The number of guanidine groups is 1. The average Bonchev–Trinajstić information content (AvgIpc) is 3.21. The zero-order valence-electron chi connectivity index (χ0n) is 17.0. The Morgan fingerprint density at radius 1 is 1.36 bits per heavy atom. The SMILES string of the molecule is CSCCCNC(=NCc1nnc(C)n1C)NC[C@H]1CCCN1S(C)(=O)=O.I. The fraction of sp³-hybridized carbons (Fsp3) is 0.812. The van der Waals surface area contributed by atoms with Gasteiger partial charge in [-0.3, -0.25) is 0 Å². The highest BCUT2D eigenvalue weighted by molar-refractivity contribution is 14.0.